The molecule has 0 saturated carbocycles. The van der Waals surface area contributed by atoms with Gasteiger partial charge in [-0.2, -0.15) is 0 Å². The summed E-state index contributed by atoms with van der Waals surface area (Å²) in [5.41, 5.74) is 2.09. The molecule has 0 bridgehead atoms. The van der Waals surface area contributed by atoms with E-state index >= 15 is 0 Å². The number of amides is 1. The van der Waals surface area contributed by atoms with Gasteiger partial charge in [0.2, 0.25) is 5.91 Å². The Bertz CT molecular complexity index is 302. The van der Waals surface area contributed by atoms with E-state index in [1.54, 1.807) is 23.1 Å². The minimum Gasteiger partial charge on any atom is -0.294 e. The Hall–Kier alpha value is -0.660. The number of thioether (sulfide) groups is 1. The highest BCUT2D eigenvalue weighted by Gasteiger charge is 2.02. The smallest absolute Gasteiger partial charge is 0.233 e. The minimum atomic E-state index is -0.126. The van der Waals surface area contributed by atoms with Gasteiger partial charge in [0.15, 0.2) is 4.34 Å². The number of rotatable bonds is 5. The molecular formula is C7H12N4OS2. The summed E-state index contributed by atoms with van der Waals surface area (Å²) >= 11 is 3.19. The maximum Gasteiger partial charge on any atom is 0.233 e. The standard InChI is InChI=1S/C7H12N4OS2/c1-5-10-11-7(14-5)13-4-2-3-6(12)9-8/h2-4,8H2,1H3,(H,9,12). The lowest BCUT2D eigenvalue weighted by Crippen LogP contribution is -2.29. The molecule has 3 N–H and O–H groups in total. The van der Waals surface area contributed by atoms with Gasteiger partial charge in [0.1, 0.15) is 5.01 Å². The van der Waals surface area contributed by atoms with Gasteiger partial charge in [-0.1, -0.05) is 23.1 Å². The van der Waals surface area contributed by atoms with E-state index in [0.717, 1.165) is 21.5 Å². The van der Waals surface area contributed by atoms with Crippen LogP contribution in [0.5, 0.6) is 0 Å². The Morgan fingerprint density at radius 2 is 2.43 bits per heavy atom. The molecule has 0 radical (unpaired) electrons. The molecular weight excluding hydrogens is 220 g/mol. The van der Waals surface area contributed by atoms with Crippen molar-refractivity contribution >= 4 is 29.0 Å². The zero-order chi connectivity index (χ0) is 10.4. The van der Waals surface area contributed by atoms with Crippen molar-refractivity contribution in [2.24, 2.45) is 5.84 Å². The molecule has 0 aliphatic rings. The number of carbonyl (C=O) groups excluding carboxylic acids is 1. The van der Waals surface area contributed by atoms with Crippen molar-refractivity contribution in [2.75, 3.05) is 5.75 Å². The number of nitrogens with two attached hydrogens (primary N) is 1. The Balaban J connectivity index is 2.13. The van der Waals surface area contributed by atoms with E-state index in [1.807, 2.05) is 6.92 Å². The number of hydrogen-bond acceptors (Lipinski definition) is 6. The molecule has 0 unspecified atom stereocenters. The van der Waals surface area contributed by atoms with Crippen molar-refractivity contribution in [1.82, 2.24) is 15.6 Å². The molecule has 0 spiro atoms. The zero-order valence-corrected chi connectivity index (χ0v) is 9.45. The summed E-state index contributed by atoms with van der Waals surface area (Å²) in [5.74, 6) is 5.68. The third-order valence-electron chi connectivity index (χ3n) is 1.44. The predicted molar refractivity (Wildman–Crippen MR) is 56.9 cm³/mol. The van der Waals surface area contributed by atoms with Gasteiger partial charge in [0.05, 0.1) is 0 Å². The SMILES string of the molecule is Cc1nnc(SCCCC(=O)NN)s1. The molecule has 7 heteroatoms. The van der Waals surface area contributed by atoms with Gasteiger partial charge in [-0.3, -0.25) is 10.2 Å². The van der Waals surface area contributed by atoms with Crippen LogP contribution in [0.15, 0.2) is 4.34 Å². The largest absolute Gasteiger partial charge is 0.294 e. The predicted octanol–water partition coefficient (Wildman–Crippen LogP) is 0.709. The van der Waals surface area contributed by atoms with Crippen molar-refractivity contribution in [3.63, 3.8) is 0 Å². The summed E-state index contributed by atoms with van der Waals surface area (Å²) in [6.45, 7) is 1.92. The summed E-state index contributed by atoms with van der Waals surface area (Å²) < 4.78 is 0.954. The first-order chi connectivity index (χ1) is 6.72. The highest BCUT2D eigenvalue weighted by atomic mass is 32.2. The topological polar surface area (TPSA) is 80.9 Å². The molecule has 1 aromatic rings. The summed E-state index contributed by atoms with van der Waals surface area (Å²) in [7, 11) is 0. The van der Waals surface area contributed by atoms with Crippen LogP contribution < -0.4 is 11.3 Å². The van der Waals surface area contributed by atoms with Crippen LogP contribution in [-0.4, -0.2) is 21.9 Å². The maximum absolute atomic E-state index is 10.8. The van der Waals surface area contributed by atoms with Gasteiger partial charge >= 0.3 is 0 Å². The first kappa shape index (κ1) is 11.4. The van der Waals surface area contributed by atoms with Crippen LogP contribution in [0.1, 0.15) is 17.8 Å². The van der Waals surface area contributed by atoms with Gasteiger partial charge < -0.3 is 0 Å². The van der Waals surface area contributed by atoms with Gasteiger partial charge in [0.25, 0.3) is 0 Å². The summed E-state index contributed by atoms with van der Waals surface area (Å²) in [4.78, 5) is 10.8. The Kier molecular flexibility index (Phi) is 4.85. The van der Waals surface area contributed by atoms with E-state index in [1.165, 1.54) is 0 Å². The molecule has 0 aliphatic heterocycles. The quantitative estimate of drug-likeness (QED) is 0.257. The van der Waals surface area contributed by atoms with E-state index in [4.69, 9.17) is 5.84 Å². The third-order valence-corrected chi connectivity index (χ3v) is 3.50. The molecule has 1 rings (SSSR count). The van der Waals surface area contributed by atoms with Crippen LogP contribution in [0.2, 0.25) is 0 Å². The van der Waals surface area contributed by atoms with E-state index in [-0.39, 0.29) is 5.91 Å². The normalized spacial score (nSPS) is 10.1. The van der Waals surface area contributed by atoms with E-state index in [2.05, 4.69) is 15.6 Å². The average Bonchev–Trinajstić information content (AvgIpc) is 2.58. The summed E-state index contributed by atoms with van der Waals surface area (Å²) in [6, 6.07) is 0. The molecule has 0 aliphatic carbocycles. The lowest BCUT2D eigenvalue weighted by atomic mass is 10.3. The molecule has 78 valence electrons. The molecule has 5 nitrogen and oxygen atoms in total. The fourth-order valence-electron chi connectivity index (χ4n) is 0.801. The van der Waals surface area contributed by atoms with Crippen LogP contribution >= 0.6 is 23.1 Å². The average molecular weight is 232 g/mol. The van der Waals surface area contributed by atoms with Crippen LogP contribution in [0.4, 0.5) is 0 Å². The van der Waals surface area contributed by atoms with Gasteiger partial charge in [0, 0.05) is 12.2 Å². The summed E-state index contributed by atoms with van der Waals surface area (Å²) in [5, 5.41) is 8.82. The Morgan fingerprint density at radius 3 is 3.00 bits per heavy atom. The molecule has 0 aromatic carbocycles. The molecule has 0 fully saturated rings. The second-order valence-corrected chi connectivity index (χ2v) is 5.13. The maximum atomic E-state index is 10.8. The van der Waals surface area contributed by atoms with Gasteiger partial charge in [-0.05, 0) is 13.3 Å². The van der Waals surface area contributed by atoms with Crippen molar-refractivity contribution in [3.05, 3.63) is 5.01 Å². The zero-order valence-electron chi connectivity index (χ0n) is 7.82. The molecule has 1 heterocycles. The molecule has 1 amide bonds. The first-order valence-electron chi connectivity index (χ1n) is 4.14. The van der Waals surface area contributed by atoms with E-state index in [9.17, 15) is 4.79 Å². The summed E-state index contributed by atoms with van der Waals surface area (Å²) in [6.07, 6.45) is 1.26. The fraction of sp³-hybridized carbons (Fsp3) is 0.571. The number of carbonyl (C=O) groups is 1. The highest BCUT2D eigenvalue weighted by molar-refractivity contribution is 8.01. The molecule has 0 saturated heterocycles. The van der Waals surface area contributed by atoms with Crippen molar-refractivity contribution in [1.29, 1.82) is 0 Å². The molecule has 0 atom stereocenters. The van der Waals surface area contributed by atoms with Crippen LogP contribution in [0.3, 0.4) is 0 Å². The Labute approximate surface area is 90.4 Å². The van der Waals surface area contributed by atoms with Crippen LogP contribution in [0, 0.1) is 6.92 Å². The first-order valence-corrected chi connectivity index (χ1v) is 5.95. The van der Waals surface area contributed by atoms with Gasteiger partial charge in [-0.15, -0.1) is 10.2 Å². The second kappa shape index (κ2) is 5.94. The number of hydrogen-bond donors (Lipinski definition) is 2. The fourth-order valence-corrected chi connectivity index (χ4v) is 2.63. The number of nitrogens with one attached hydrogen (secondary N) is 1. The van der Waals surface area contributed by atoms with Gasteiger partial charge in [-0.25, -0.2) is 5.84 Å². The van der Waals surface area contributed by atoms with Crippen LogP contribution in [0.25, 0.3) is 0 Å². The monoisotopic (exact) mass is 232 g/mol. The van der Waals surface area contributed by atoms with Crippen molar-refractivity contribution in [2.45, 2.75) is 24.1 Å². The number of hydrazine groups is 1. The number of aromatic nitrogens is 2. The van der Waals surface area contributed by atoms with Crippen molar-refractivity contribution < 1.29 is 4.79 Å². The third kappa shape index (κ3) is 4.03. The van der Waals surface area contributed by atoms with Crippen LogP contribution in [-0.2, 0) is 4.79 Å². The lowest BCUT2D eigenvalue weighted by Gasteiger charge is -1.97. The lowest BCUT2D eigenvalue weighted by molar-refractivity contribution is -0.121. The molecule has 14 heavy (non-hydrogen) atoms. The molecule has 1 aromatic heterocycles. The highest BCUT2D eigenvalue weighted by Crippen LogP contribution is 2.22. The minimum absolute atomic E-state index is 0.126. The number of aryl methyl sites for hydroxylation is 1. The van der Waals surface area contributed by atoms with Crippen molar-refractivity contribution in [3.8, 4) is 0 Å². The number of nitrogens with zero attached hydrogens (tertiary/aromatic N) is 2. The second-order valence-electron chi connectivity index (χ2n) is 2.61. The van der Waals surface area contributed by atoms with E-state index < -0.39 is 0 Å². The van der Waals surface area contributed by atoms with E-state index in [0.29, 0.717) is 6.42 Å². The Morgan fingerprint density at radius 1 is 1.64 bits per heavy atom.